The van der Waals surface area contributed by atoms with Crippen LogP contribution in [0.4, 0.5) is 0 Å². The summed E-state index contributed by atoms with van der Waals surface area (Å²) < 4.78 is 17.0. The fourth-order valence-corrected chi connectivity index (χ4v) is 3.40. The normalized spacial score (nSPS) is 17.3. The zero-order valence-corrected chi connectivity index (χ0v) is 17.1. The maximum atomic E-state index is 12.2. The second-order valence-corrected chi connectivity index (χ2v) is 7.61. The number of nitrogens with zero attached hydrogens (tertiary/aromatic N) is 1. The van der Waals surface area contributed by atoms with Crippen LogP contribution in [0, 0.1) is 3.57 Å². The number of carbonyl (C=O) groups excluding carboxylic acids is 1. The molecule has 0 bridgehead atoms. The highest BCUT2D eigenvalue weighted by atomic mass is 127. The molecule has 0 unspecified atom stereocenters. The van der Waals surface area contributed by atoms with E-state index in [-0.39, 0.29) is 18.4 Å². The van der Waals surface area contributed by atoms with E-state index >= 15 is 0 Å². The van der Waals surface area contributed by atoms with Crippen LogP contribution in [-0.4, -0.2) is 18.7 Å². The second-order valence-electron chi connectivity index (χ2n) is 5.96. The zero-order chi connectivity index (χ0) is 19.0. The number of ether oxygens (including phenoxy) is 3. The average molecular weight is 494 g/mol. The van der Waals surface area contributed by atoms with Crippen LogP contribution >= 0.6 is 34.2 Å². The minimum absolute atomic E-state index is 0.214. The first kappa shape index (κ1) is 18.1. The van der Waals surface area contributed by atoms with Gasteiger partial charge >= 0.3 is 5.97 Å². The number of esters is 1. The Morgan fingerprint density at radius 2 is 2.00 bits per heavy atom. The Morgan fingerprint density at radius 3 is 2.85 bits per heavy atom. The van der Waals surface area contributed by atoms with Gasteiger partial charge in [-0.3, -0.25) is 0 Å². The van der Waals surface area contributed by atoms with Crippen LogP contribution in [-0.2, 0) is 9.53 Å². The van der Waals surface area contributed by atoms with E-state index in [0.29, 0.717) is 16.3 Å². The lowest BCUT2D eigenvalue weighted by Gasteiger charge is -2.02. The van der Waals surface area contributed by atoms with E-state index in [9.17, 15) is 4.79 Å². The Morgan fingerprint density at radius 1 is 1.19 bits per heavy atom. The van der Waals surface area contributed by atoms with Crippen LogP contribution in [0.5, 0.6) is 11.5 Å². The first-order valence-electron chi connectivity index (χ1n) is 8.05. The molecule has 0 atom stereocenters. The SMILES string of the molecule is CC(=C/c1ccc2c(c1)OCO2)/C=C1/N=C(c2cc(I)ccc2Cl)OC1=O. The number of fused-ring (bicyclic) bond motifs is 1. The van der Waals surface area contributed by atoms with Crippen molar-refractivity contribution in [3.05, 3.63) is 73.5 Å². The van der Waals surface area contributed by atoms with E-state index in [0.717, 1.165) is 20.5 Å². The van der Waals surface area contributed by atoms with Crippen LogP contribution < -0.4 is 9.47 Å². The highest BCUT2D eigenvalue weighted by Crippen LogP contribution is 2.33. The lowest BCUT2D eigenvalue weighted by atomic mass is 10.1. The van der Waals surface area contributed by atoms with Gasteiger partial charge in [-0.1, -0.05) is 23.7 Å². The van der Waals surface area contributed by atoms with Crippen molar-refractivity contribution < 1.29 is 19.0 Å². The Bertz CT molecular complexity index is 1040. The summed E-state index contributed by atoms with van der Waals surface area (Å²) >= 11 is 8.37. The van der Waals surface area contributed by atoms with Gasteiger partial charge in [0.25, 0.3) is 0 Å². The largest absolute Gasteiger partial charge is 0.454 e. The van der Waals surface area contributed by atoms with Crippen molar-refractivity contribution in [1.82, 2.24) is 0 Å². The first-order valence-corrected chi connectivity index (χ1v) is 9.51. The number of rotatable bonds is 3. The Balaban J connectivity index is 1.62. The van der Waals surface area contributed by atoms with Crippen LogP contribution in [0.3, 0.4) is 0 Å². The van der Waals surface area contributed by atoms with Crippen molar-refractivity contribution in [2.24, 2.45) is 4.99 Å². The standard InChI is InChI=1S/C20H13ClINO4/c1-11(6-12-2-5-17-18(8-12)26-10-25-17)7-16-20(24)27-19(23-16)14-9-13(22)3-4-15(14)21/h2-9H,10H2,1H3/b11-6-,16-7+. The Hall–Kier alpha value is -2.32. The summed E-state index contributed by atoms with van der Waals surface area (Å²) in [6.45, 7) is 2.12. The van der Waals surface area contributed by atoms with Crippen molar-refractivity contribution in [1.29, 1.82) is 0 Å². The molecule has 5 nitrogen and oxygen atoms in total. The molecular weight excluding hydrogens is 481 g/mol. The molecule has 2 aromatic rings. The van der Waals surface area contributed by atoms with E-state index in [1.165, 1.54) is 0 Å². The quantitative estimate of drug-likeness (QED) is 0.344. The minimum atomic E-state index is -0.502. The monoisotopic (exact) mass is 493 g/mol. The van der Waals surface area contributed by atoms with Crippen molar-refractivity contribution in [3.8, 4) is 11.5 Å². The van der Waals surface area contributed by atoms with Crippen LogP contribution in [0.25, 0.3) is 6.08 Å². The van der Waals surface area contributed by atoms with Gasteiger partial charge in [0, 0.05) is 3.57 Å². The molecule has 4 rings (SSSR count). The third-order valence-electron chi connectivity index (χ3n) is 3.93. The molecule has 2 aliphatic rings. The molecule has 0 N–H and O–H groups in total. The smallest absolute Gasteiger partial charge is 0.363 e. The number of cyclic esters (lactones) is 1. The minimum Gasteiger partial charge on any atom is -0.454 e. The summed E-state index contributed by atoms with van der Waals surface area (Å²) in [6, 6.07) is 11.1. The van der Waals surface area contributed by atoms with E-state index in [4.69, 9.17) is 25.8 Å². The van der Waals surface area contributed by atoms with Crippen molar-refractivity contribution in [2.45, 2.75) is 6.92 Å². The van der Waals surface area contributed by atoms with Gasteiger partial charge < -0.3 is 14.2 Å². The highest BCUT2D eigenvalue weighted by Gasteiger charge is 2.25. The lowest BCUT2D eigenvalue weighted by molar-refractivity contribution is -0.130. The molecule has 0 fully saturated rings. The summed E-state index contributed by atoms with van der Waals surface area (Å²) in [5.41, 5.74) is 2.61. The zero-order valence-electron chi connectivity index (χ0n) is 14.2. The van der Waals surface area contributed by atoms with Gasteiger partial charge in [0.05, 0.1) is 10.6 Å². The first-order chi connectivity index (χ1) is 13.0. The van der Waals surface area contributed by atoms with Crippen LogP contribution in [0.1, 0.15) is 18.1 Å². The van der Waals surface area contributed by atoms with Gasteiger partial charge in [-0.05, 0) is 77.1 Å². The molecule has 2 heterocycles. The van der Waals surface area contributed by atoms with Gasteiger partial charge in [-0.25, -0.2) is 9.79 Å². The van der Waals surface area contributed by atoms with Crippen molar-refractivity contribution in [3.63, 3.8) is 0 Å². The summed E-state index contributed by atoms with van der Waals surface area (Å²) in [5, 5.41) is 0.482. The predicted molar refractivity (Wildman–Crippen MR) is 111 cm³/mol. The summed E-state index contributed by atoms with van der Waals surface area (Å²) in [5.74, 6) is 1.15. The number of hydrogen-bond acceptors (Lipinski definition) is 5. The molecular formula is C20H13ClINO4. The second kappa shape index (κ2) is 7.36. The fourth-order valence-electron chi connectivity index (χ4n) is 2.71. The topological polar surface area (TPSA) is 57.1 Å². The van der Waals surface area contributed by atoms with Gasteiger partial charge in [0.2, 0.25) is 12.7 Å². The van der Waals surface area contributed by atoms with E-state index in [2.05, 4.69) is 27.6 Å². The Labute approximate surface area is 174 Å². The molecule has 2 aromatic carbocycles. The molecule has 0 aliphatic carbocycles. The number of carbonyl (C=O) groups is 1. The van der Waals surface area contributed by atoms with E-state index in [1.807, 2.05) is 43.3 Å². The molecule has 27 heavy (non-hydrogen) atoms. The van der Waals surface area contributed by atoms with Gasteiger partial charge in [-0.2, -0.15) is 0 Å². The third-order valence-corrected chi connectivity index (χ3v) is 4.94. The summed E-state index contributed by atoms with van der Waals surface area (Å²) in [4.78, 5) is 16.5. The molecule has 0 saturated carbocycles. The summed E-state index contributed by atoms with van der Waals surface area (Å²) in [7, 11) is 0. The average Bonchev–Trinajstić information content (AvgIpc) is 3.23. The van der Waals surface area contributed by atoms with E-state index in [1.54, 1.807) is 12.1 Å². The molecule has 0 radical (unpaired) electrons. The van der Waals surface area contributed by atoms with Crippen LogP contribution in [0.2, 0.25) is 5.02 Å². The lowest BCUT2D eigenvalue weighted by Crippen LogP contribution is -2.06. The number of halogens is 2. The molecule has 0 saturated heterocycles. The molecule has 136 valence electrons. The van der Waals surface area contributed by atoms with Gasteiger partial charge in [0.15, 0.2) is 17.2 Å². The van der Waals surface area contributed by atoms with Crippen molar-refractivity contribution in [2.75, 3.05) is 6.79 Å². The fraction of sp³-hybridized carbons (Fsp3) is 0.100. The maximum absolute atomic E-state index is 12.2. The molecule has 7 heteroatoms. The summed E-state index contributed by atoms with van der Waals surface area (Å²) in [6.07, 6.45) is 3.61. The van der Waals surface area contributed by atoms with Gasteiger partial charge in [0.1, 0.15) is 0 Å². The number of benzene rings is 2. The van der Waals surface area contributed by atoms with Crippen LogP contribution in [0.15, 0.2) is 58.7 Å². The maximum Gasteiger partial charge on any atom is 0.363 e. The number of allylic oxidation sites excluding steroid dienone is 2. The van der Waals surface area contributed by atoms with E-state index < -0.39 is 5.97 Å². The Kier molecular flexibility index (Phi) is 4.92. The molecule has 2 aliphatic heterocycles. The predicted octanol–water partition coefficient (Wildman–Crippen LogP) is 4.96. The van der Waals surface area contributed by atoms with Gasteiger partial charge in [-0.15, -0.1) is 0 Å². The third kappa shape index (κ3) is 3.86. The molecule has 0 spiro atoms. The molecule has 0 amide bonds. The number of hydrogen-bond donors (Lipinski definition) is 0. The highest BCUT2D eigenvalue weighted by molar-refractivity contribution is 14.1. The molecule has 0 aromatic heterocycles. The number of aliphatic imine (C=N–C) groups is 1. The van der Waals surface area contributed by atoms with Crippen molar-refractivity contribution >= 4 is 52.1 Å².